The summed E-state index contributed by atoms with van der Waals surface area (Å²) in [4.78, 5) is 30.1. The molecule has 0 unspecified atom stereocenters. The topological polar surface area (TPSA) is 89.3 Å². The van der Waals surface area contributed by atoms with E-state index in [-0.39, 0.29) is 18.4 Å². The number of aromatic nitrogens is 3. The van der Waals surface area contributed by atoms with Crippen LogP contribution in [-0.2, 0) is 16.1 Å². The second kappa shape index (κ2) is 10.9. The zero-order valence-electron chi connectivity index (χ0n) is 21.0. The fourth-order valence-corrected chi connectivity index (χ4v) is 4.69. The van der Waals surface area contributed by atoms with Gasteiger partial charge in [0.15, 0.2) is 0 Å². The third kappa shape index (κ3) is 5.57. The fraction of sp³-hybridized carbons (Fsp3) is 0.333. The van der Waals surface area contributed by atoms with E-state index in [9.17, 15) is 9.59 Å². The summed E-state index contributed by atoms with van der Waals surface area (Å²) in [6, 6.07) is 17.6. The fourth-order valence-electron chi connectivity index (χ4n) is 3.88. The lowest BCUT2D eigenvalue weighted by Gasteiger charge is -2.34. The molecule has 9 heteroatoms. The number of fused-ring (bicyclic) bond motifs is 1. The van der Waals surface area contributed by atoms with E-state index < -0.39 is 11.6 Å². The molecule has 0 aliphatic heterocycles. The predicted molar refractivity (Wildman–Crippen MR) is 142 cm³/mol. The van der Waals surface area contributed by atoms with Gasteiger partial charge in [-0.1, -0.05) is 36.4 Å². The van der Waals surface area contributed by atoms with Crippen molar-refractivity contribution in [1.82, 2.24) is 20.3 Å². The number of para-hydroxylation sites is 1. The summed E-state index contributed by atoms with van der Waals surface area (Å²) in [6.07, 6.45) is 0.745. The largest absolute Gasteiger partial charge is 0.494 e. The van der Waals surface area contributed by atoms with E-state index in [0.717, 1.165) is 16.8 Å². The van der Waals surface area contributed by atoms with Gasteiger partial charge >= 0.3 is 0 Å². The van der Waals surface area contributed by atoms with Crippen LogP contribution >= 0.6 is 11.3 Å². The first-order valence-corrected chi connectivity index (χ1v) is 12.9. The van der Waals surface area contributed by atoms with Crippen LogP contribution in [0.5, 0.6) is 5.75 Å². The van der Waals surface area contributed by atoms with Crippen molar-refractivity contribution >= 4 is 39.9 Å². The Morgan fingerprint density at radius 2 is 1.92 bits per heavy atom. The molecule has 0 radical (unpaired) electrons. The molecular weight excluding hydrogens is 474 g/mol. The molecule has 1 N–H and O–H groups in total. The van der Waals surface area contributed by atoms with Crippen LogP contribution in [-0.4, -0.2) is 39.0 Å². The number of anilines is 1. The summed E-state index contributed by atoms with van der Waals surface area (Å²) in [7, 11) is 0. The second-order valence-electron chi connectivity index (χ2n) is 9.07. The maximum Gasteiger partial charge on any atom is 0.249 e. The number of rotatable bonds is 10. The minimum absolute atomic E-state index is 0.0777. The van der Waals surface area contributed by atoms with Gasteiger partial charge in [-0.25, -0.2) is 4.68 Å². The minimum atomic E-state index is -0.866. The van der Waals surface area contributed by atoms with E-state index in [1.165, 1.54) is 11.3 Å². The van der Waals surface area contributed by atoms with Crippen LogP contribution in [0.3, 0.4) is 0 Å². The highest BCUT2D eigenvalue weighted by Crippen LogP contribution is 2.33. The Bertz CT molecular complexity index is 1330. The molecule has 0 aliphatic carbocycles. The average Bonchev–Trinajstić information content (AvgIpc) is 3.53. The van der Waals surface area contributed by atoms with Gasteiger partial charge in [0, 0.05) is 22.2 Å². The molecule has 0 saturated carbocycles. The van der Waals surface area contributed by atoms with Crippen molar-refractivity contribution in [2.24, 2.45) is 0 Å². The van der Waals surface area contributed by atoms with Crippen molar-refractivity contribution in [3.63, 3.8) is 0 Å². The first kappa shape index (κ1) is 25.4. The third-order valence-electron chi connectivity index (χ3n) is 6.05. The first-order chi connectivity index (χ1) is 17.3. The monoisotopic (exact) mass is 505 g/mol. The van der Waals surface area contributed by atoms with Gasteiger partial charge < -0.3 is 10.1 Å². The maximum absolute atomic E-state index is 14.0. The maximum atomic E-state index is 14.0. The number of ether oxygens (including phenoxy) is 1. The second-order valence-corrected chi connectivity index (χ2v) is 10.1. The molecule has 2 amide bonds. The van der Waals surface area contributed by atoms with E-state index in [1.807, 2.05) is 87.7 Å². The average molecular weight is 506 g/mol. The summed E-state index contributed by atoms with van der Waals surface area (Å²) in [6.45, 7) is 8.28. The van der Waals surface area contributed by atoms with Crippen LogP contribution in [0.2, 0.25) is 0 Å². The van der Waals surface area contributed by atoms with Crippen molar-refractivity contribution < 1.29 is 14.3 Å². The van der Waals surface area contributed by atoms with Gasteiger partial charge in [0.05, 0.1) is 12.1 Å². The number of carbonyl (C=O) groups is 2. The summed E-state index contributed by atoms with van der Waals surface area (Å²) in [5, 5.41) is 13.4. The molecule has 0 spiro atoms. The Hall–Kier alpha value is -3.72. The number of amides is 2. The van der Waals surface area contributed by atoms with Crippen molar-refractivity contribution in [1.29, 1.82) is 0 Å². The quantitative estimate of drug-likeness (QED) is 0.329. The van der Waals surface area contributed by atoms with Crippen molar-refractivity contribution in [2.45, 2.75) is 52.2 Å². The van der Waals surface area contributed by atoms with Gasteiger partial charge in [-0.2, -0.15) is 0 Å². The van der Waals surface area contributed by atoms with Crippen molar-refractivity contribution in [2.75, 3.05) is 11.5 Å². The predicted octanol–water partition coefficient (Wildman–Crippen LogP) is 4.97. The molecule has 1 atom stereocenters. The van der Waals surface area contributed by atoms with Crippen molar-refractivity contribution in [3.8, 4) is 5.75 Å². The van der Waals surface area contributed by atoms with Crippen LogP contribution in [0.25, 0.3) is 11.0 Å². The van der Waals surface area contributed by atoms with Gasteiger partial charge in [-0.3, -0.25) is 14.5 Å². The molecule has 2 aromatic heterocycles. The van der Waals surface area contributed by atoms with Crippen LogP contribution in [0.4, 0.5) is 5.69 Å². The van der Waals surface area contributed by atoms with E-state index in [0.29, 0.717) is 23.6 Å². The van der Waals surface area contributed by atoms with Crippen molar-refractivity contribution in [3.05, 3.63) is 70.9 Å². The number of benzene rings is 2. The lowest BCUT2D eigenvalue weighted by atomic mass is 10.0. The summed E-state index contributed by atoms with van der Waals surface area (Å²) < 4.78 is 7.27. The van der Waals surface area contributed by atoms with Crippen LogP contribution in [0.1, 0.15) is 45.0 Å². The van der Waals surface area contributed by atoms with E-state index in [4.69, 9.17) is 4.74 Å². The highest BCUT2D eigenvalue weighted by molar-refractivity contribution is 7.10. The summed E-state index contributed by atoms with van der Waals surface area (Å²) in [5.41, 5.74) is 1.58. The summed E-state index contributed by atoms with van der Waals surface area (Å²) >= 11 is 1.44. The van der Waals surface area contributed by atoms with E-state index >= 15 is 0 Å². The molecule has 0 fully saturated rings. The van der Waals surface area contributed by atoms with Gasteiger partial charge in [0.25, 0.3) is 0 Å². The highest BCUT2D eigenvalue weighted by atomic mass is 32.1. The molecule has 0 saturated heterocycles. The number of hydrogen-bond donors (Lipinski definition) is 1. The lowest BCUT2D eigenvalue weighted by Crippen LogP contribution is -2.50. The summed E-state index contributed by atoms with van der Waals surface area (Å²) in [5.74, 6) is 0.0864. The van der Waals surface area contributed by atoms with Gasteiger partial charge in [0.1, 0.15) is 23.9 Å². The molecular formula is C27H31N5O3S. The first-order valence-electron chi connectivity index (χ1n) is 12.0. The van der Waals surface area contributed by atoms with Gasteiger partial charge in [-0.05, 0) is 62.9 Å². The Morgan fingerprint density at radius 1 is 1.11 bits per heavy atom. The Labute approximate surface area is 214 Å². The van der Waals surface area contributed by atoms with Gasteiger partial charge in [-0.15, -0.1) is 16.4 Å². The molecule has 0 aliphatic rings. The minimum Gasteiger partial charge on any atom is -0.494 e. The molecule has 0 bridgehead atoms. The molecule has 36 heavy (non-hydrogen) atoms. The molecule has 2 heterocycles. The number of nitrogens with zero attached hydrogens (tertiary/aromatic N) is 4. The number of carbonyl (C=O) groups excluding carboxylic acids is 2. The molecule has 2 aromatic carbocycles. The number of nitrogens with one attached hydrogen (secondary N) is 1. The molecule has 4 aromatic rings. The Kier molecular flexibility index (Phi) is 7.69. The zero-order valence-corrected chi connectivity index (χ0v) is 21.8. The normalized spacial score (nSPS) is 12.3. The molecule has 188 valence electrons. The number of thiophene rings is 1. The van der Waals surface area contributed by atoms with E-state index in [1.54, 1.807) is 15.6 Å². The Balaban J connectivity index is 1.79. The highest BCUT2D eigenvalue weighted by Gasteiger charge is 2.36. The number of hydrogen-bond acceptors (Lipinski definition) is 6. The van der Waals surface area contributed by atoms with Crippen LogP contribution < -0.4 is 15.0 Å². The molecule has 8 nitrogen and oxygen atoms in total. The lowest BCUT2D eigenvalue weighted by molar-refractivity contribution is -0.128. The standard InChI is InChI=1S/C27H31N5O3S/c1-5-27(3,4)28-26(34)25(23-15-10-16-36-23)32(19-11-9-12-20(17-19)35-6-2)24(33)18-31-22-14-8-7-13-21(22)29-30-31/h7-17,25H,5-6,18H2,1-4H3,(H,28,34)/t25-/m1/s1. The smallest absolute Gasteiger partial charge is 0.249 e. The Morgan fingerprint density at radius 3 is 2.64 bits per heavy atom. The SMILES string of the molecule is CCOc1cccc(N(C(=O)Cn2nnc3ccccc32)[C@@H](C(=O)NC(C)(C)CC)c2cccs2)c1. The third-order valence-corrected chi connectivity index (χ3v) is 6.97. The van der Waals surface area contributed by atoms with Gasteiger partial charge in [0.2, 0.25) is 11.8 Å². The van der Waals surface area contributed by atoms with E-state index in [2.05, 4.69) is 15.6 Å². The van der Waals surface area contributed by atoms with Crippen LogP contribution in [0.15, 0.2) is 66.0 Å². The van der Waals surface area contributed by atoms with Crippen LogP contribution in [0, 0.1) is 0 Å². The molecule has 4 rings (SSSR count). The zero-order chi connectivity index (χ0) is 25.7.